The Balaban J connectivity index is 1.17. The predicted molar refractivity (Wildman–Crippen MR) is 157 cm³/mol. The summed E-state index contributed by atoms with van der Waals surface area (Å²) in [4.78, 5) is 19.2. The van der Waals surface area contributed by atoms with Gasteiger partial charge in [0.25, 0.3) is 0 Å². The predicted octanol–water partition coefficient (Wildman–Crippen LogP) is 4.67. The van der Waals surface area contributed by atoms with Gasteiger partial charge in [-0.2, -0.15) is 10.4 Å². The second-order valence-corrected chi connectivity index (χ2v) is 11.9. The Morgan fingerprint density at radius 2 is 1.93 bits per heavy atom. The first-order valence-corrected chi connectivity index (χ1v) is 14.9. The van der Waals surface area contributed by atoms with Crippen LogP contribution in [0.5, 0.6) is 0 Å². The van der Waals surface area contributed by atoms with Crippen molar-refractivity contribution in [1.29, 1.82) is 5.26 Å². The Morgan fingerprint density at radius 3 is 2.68 bits per heavy atom. The number of hydrogen-bond donors (Lipinski definition) is 2. The molecule has 0 spiro atoms. The second-order valence-electron chi connectivity index (χ2n) is 10.9. The molecule has 1 aliphatic heterocycles. The summed E-state index contributed by atoms with van der Waals surface area (Å²) in [6.07, 6.45) is 7.22. The number of hydrogen-bond acceptors (Lipinski definition) is 9. The molecule has 41 heavy (non-hydrogen) atoms. The van der Waals surface area contributed by atoms with Crippen molar-refractivity contribution in [2.75, 3.05) is 31.6 Å². The Kier molecular flexibility index (Phi) is 7.80. The molecule has 2 fully saturated rings. The number of morpholine rings is 1. The SMILES string of the molecule is CC(C)Nc1cc(-c2ccc3cc(C#N)cnn23)ncc1-c1nnc([C@H]2CC[C@H](NC(=O)N3CCOCC3)CC2)s1. The molecule has 6 rings (SSSR count). The molecule has 2 N–H and O–H groups in total. The zero-order chi connectivity index (χ0) is 28.3. The molecule has 2 aliphatic rings. The molecule has 1 saturated carbocycles. The molecule has 0 atom stereocenters. The average Bonchev–Trinajstić information content (AvgIpc) is 3.65. The summed E-state index contributed by atoms with van der Waals surface area (Å²) in [7, 11) is 0. The third kappa shape index (κ3) is 5.87. The average molecular weight is 572 g/mol. The number of nitrogens with zero attached hydrogens (tertiary/aromatic N) is 7. The smallest absolute Gasteiger partial charge is 0.317 e. The van der Waals surface area contributed by atoms with Crippen LogP contribution in [0.3, 0.4) is 0 Å². The first-order chi connectivity index (χ1) is 20.0. The van der Waals surface area contributed by atoms with Gasteiger partial charge in [0.15, 0.2) is 5.01 Å². The van der Waals surface area contributed by atoms with Crippen LogP contribution in [0.4, 0.5) is 10.5 Å². The van der Waals surface area contributed by atoms with Crippen LogP contribution in [0.15, 0.2) is 36.7 Å². The minimum absolute atomic E-state index is 0.0203. The van der Waals surface area contributed by atoms with Crippen molar-refractivity contribution >= 4 is 28.6 Å². The minimum Gasteiger partial charge on any atom is -0.382 e. The van der Waals surface area contributed by atoms with E-state index in [9.17, 15) is 10.1 Å². The number of nitrogens with one attached hydrogen (secondary N) is 2. The highest BCUT2D eigenvalue weighted by Crippen LogP contribution is 2.39. The van der Waals surface area contributed by atoms with Crippen molar-refractivity contribution in [2.45, 2.75) is 57.5 Å². The van der Waals surface area contributed by atoms with Gasteiger partial charge in [-0.25, -0.2) is 9.31 Å². The minimum atomic E-state index is 0.0203. The zero-order valence-corrected chi connectivity index (χ0v) is 24.0. The van der Waals surface area contributed by atoms with E-state index in [2.05, 4.69) is 45.8 Å². The van der Waals surface area contributed by atoms with E-state index in [-0.39, 0.29) is 18.1 Å². The lowest BCUT2D eigenvalue weighted by atomic mass is 9.86. The van der Waals surface area contributed by atoms with Crippen molar-refractivity contribution in [3.8, 4) is 28.0 Å². The molecule has 5 heterocycles. The molecule has 0 aromatic carbocycles. The lowest BCUT2D eigenvalue weighted by Crippen LogP contribution is -2.49. The van der Waals surface area contributed by atoms with E-state index in [0.29, 0.717) is 37.8 Å². The number of aromatic nitrogens is 5. The summed E-state index contributed by atoms with van der Waals surface area (Å²) in [5.74, 6) is 0.336. The molecule has 1 saturated heterocycles. The van der Waals surface area contributed by atoms with E-state index in [4.69, 9.17) is 9.72 Å². The van der Waals surface area contributed by atoms with Gasteiger partial charge in [-0.3, -0.25) is 4.98 Å². The van der Waals surface area contributed by atoms with Crippen molar-refractivity contribution in [3.63, 3.8) is 0 Å². The summed E-state index contributed by atoms with van der Waals surface area (Å²) < 4.78 is 7.15. The fourth-order valence-corrected chi connectivity index (χ4v) is 6.51. The fraction of sp³-hybridized carbons (Fsp3) is 0.448. The zero-order valence-electron chi connectivity index (χ0n) is 23.2. The third-order valence-corrected chi connectivity index (χ3v) is 8.73. The van der Waals surface area contributed by atoms with Gasteiger partial charge >= 0.3 is 6.03 Å². The molecule has 11 nitrogen and oxygen atoms in total. The monoisotopic (exact) mass is 571 g/mol. The molecule has 1 aliphatic carbocycles. The van der Waals surface area contributed by atoms with Crippen LogP contribution in [0, 0.1) is 11.3 Å². The molecule has 0 bridgehead atoms. The highest BCUT2D eigenvalue weighted by molar-refractivity contribution is 7.14. The second kappa shape index (κ2) is 11.8. The molecule has 12 heteroatoms. The Labute approximate surface area is 242 Å². The first kappa shape index (κ1) is 27.1. The summed E-state index contributed by atoms with van der Waals surface area (Å²) in [6.45, 7) is 6.72. The number of carbonyl (C=O) groups excluding carboxylic acids is 1. The molecule has 0 unspecified atom stereocenters. The van der Waals surface area contributed by atoms with Crippen molar-refractivity contribution in [1.82, 2.24) is 35.0 Å². The van der Waals surface area contributed by atoms with Crippen LogP contribution in [0.25, 0.3) is 27.5 Å². The Hall–Kier alpha value is -4.08. The molecular weight excluding hydrogens is 538 g/mol. The number of pyridine rings is 1. The van der Waals surface area contributed by atoms with Crippen molar-refractivity contribution in [2.24, 2.45) is 0 Å². The largest absolute Gasteiger partial charge is 0.382 e. The highest BCUT2D eigenvalue weighted by atomic mass is 32.1. The lowest BCUT2D eigenvalue weighted by Gasteiger charge is -2.32. The standard InChI is InChI=1S/C29H33N9O2S/c1-18(2)33-24-14-25(26-8-7-22-13-19(15-30)16-32-38(22)26)31-17-23(24)28-36-35-27(41-28)20-3-5-21(6-4-20)34-29(39)37-9-11-40-12-10-37/h7-8,13-14,16-18,20-21H,3-6,9-12H2,1-2H3,(H,31,33)(H,34,39)/t20-,21-. The van der Waals surface area contributed by atoms with Crippen LogP contribution in [-0.4, -0.2) is 74.1 Å². The van der Waals surface area contributed by atoms with Gasteiger partial charge in [-0.1, -0.05) is 11.3 Å². The van der Waals surface area contributed by atoms with Crippen LogP contribution in [-0.2, 0) is 4.74 Å². The highest BCUT2D eigenvalue weighted by Gasteiger charge is 2.28. The van der Waals surface area contributed by atoms with Gasteiger partial charge in [0.05, 0.1) is 47.4 Å². The van der Waals surface area contributed by atoms with E-state index in [1.54, 1.807) is 22.0 Å². The summed E-state index contributed by atoms with van der Waals surface area (Å²) >= 11 is 1.62. The first-order valence-electron chi connectivity index (χ1n) is 14.1. The van der Waals surface area contributed by atoms with E-state index >= 15 is 0 Å². The van der Waals surface area contributed by atoms with Crippen LogP contribution in [0.2, 0.25) is 0 Å². The fourth-order valence-electron chi connectivity index (χ4n) is 5.48. The van der Waals surface area contributed by atoms with Crippen molar-refractivity contribution < 1.29 is 9.53 Å². The summed E-state index contributed by atoms with van der Waals surface area (Å²) in [5, 5.41) is 31.4. The number of urea groups is 1. The topological polar surface area (TPSA) is 133 Å². The molecule has 0 radical (unpaired) electrons. The molecule has 2 amide bonds. The molecular formula is C29H33N9O2S. The quantitative estimate of drug-likeness (QED) is 0.341. The Bertz CT molecular complexity index is 1580. The maximum atomic E-state index is 12.6. The maximum absolute atomic E-state index is 12.6. The van der Waals surface area contributed by atoms with Gasteiger partial charge in [-0.05, 0) is 63.8 Å². The van der Waals surface area contributed by atoms with Crippen LogP contribution >= 0.6 is 11.3 Å². The van der Waals surface area contributed by atoms with Gasteiger partial charge in [0.1, 0.15) is 11.1 Å². The van der Waals surface area contributed by atoms with Crippen LogP contribution in [0.1, 0.15) is 56.0 Å². The number of fused-ring (bicyclic) bond motifs is 1. The number of carbonyl (C=O) groups is 1. The number of rotatable bonds is 6. The summed E-state index contributed by atoms with van der Waals surface area (Å²) in [6, 6.07) is 10.3. The maximum Gasteiger partial charge on any atom is 0.317 e. The van der Waals surface area contributed by atoms with Gasteiger partial charge < -0.3 is 20.3 Å². The third-order valence-electron chi connectivity index (χ3n) is 7.61. The molecule has 212 valence electrons. The van der Waals surface area contributed by atoms with Gasteiger partial charge in [0, 0.05) is 43.0 Å². The van der Waals surface area contributed by atoms with E-state index in [1.807, 2.05) is 35.4 Å². The Morgan fingerprint density at radius 1 is 1.12 bits per heavy atom. The van der Waals surface area contributed by atoms with Crippen molar-refractivity contribution in [3.05, 3.63) is 47.2 Å². The number of anilines is 1. The molecule has 4 aromatic rings. The van der Waals surface area contributed by atoms with E-state index < -0.39 is 0 Å². The summed E-state index contributed by atoms with van der Waals surface area (Å²) in [5.41, 5.74) is 4.83. The van der Waals surface area contributed by atoms with E-state index in [1.165, 1.54) is 0 Å². The van der Waals surface area contributed by atoms with Crippen LogP contribution < -0.4 is 10.6 Å². The van der Waals surface area contributed by atoms with Gasteiger partial charge in [0.2, 0.25) is 0 Å². The van der Waals surface area contributed by atoms with E-state index in [0.717, 1.165) is 63.9 Å². The number of nitriles is 1. The van der Waals surface area contributed by atoms with Gasteiger partial charge in [-0.15, -0.1) is 10.2 Å². The normalized spacial score (nSPS) is 19.3. The molecule has 4 aromatic heterocycles. The lowest BCUT2D eigenvalue weighted by molar-refractivity contribution is 0.0521. The number of ether oxygens (including phenoxy) is 1. The number of amides is 2.